The van der Waals surface area contributed by atoms with Gasteiger partial charge in [0.2, 0.25) is 0 Å². The van der Waals surface area contributed by atoms with E-state index in [0.29, 0.717) is 33.6 Å². The standard InChI is InChI=1S/C25H28ClN5O4/c1-13-9-17(15(3)29-19-7-8-20(26)30-21(19)25(33)31(5)34-6)24-18(10-13)22(32)14(2)23(35-24)16(11-27)12-28-4/h7-12,15,29H,27H2,1-6H3/b16-11+,28-12?. The van der Waals surface area contributed by atoms with Gasteiger partial charge >= 0.3 is 0 Å². The van der Waals surface area contributed by atoms with Gasteiger partial charge in [-0.3, -0.25) is 19.4 Å². The minimum atomic E-state index is -0.472. The van der Waals surface area contributed by atoms with Gasteiger partial charge in [0.05, 0.1) is 29.8 Å². The summed E-state index contributed by atoms with van der Waals surface area (Å²) >= 11 is 6.05. The maximum Gasteiger partial charge on any atom is 0.297 e. The van der Waals surface area contributed by atoms with Crippen LogP contribution in [0.5, 0.6) is 0 Å². The molecule has 35 heavy (non-hydrogen) atoms. The van der Waals surface area contributed by atoms with Crippen LogP contribution in [0, 0.1) is 13.8 Å². The highest BCUT2D eigenvalue weighted by atomic mass is 35.5. The topological polar surface area (TPSA) is 123 Å². The van der Waals surface area contributed by atoms with E-state index in [-0.39, 0.29) is 22.3 Å². The predicted molar refractivity (Wildman–Crippen MR) is 139 cm³/mol. The fraction of sp³-hybridized carbons (Fsp3) is 0.280. The number of nitrogens with one attached hydrogen (secondary N) is 1. The van der Waals surface area contributed by atoms with E-state index in [4.69, 9.17) is 26.6 Å². The number of benzene rings is 1. The van der Waals surface area contributed by atoms with E-state index >= 15 is 0 Å². The Kier molecular flexibility index (Phi) is 7.93. The van der Waals surface area contributed by atoms with Gasteiger partial charge in [-0.25, -0.2) is 10.0 Å². The maximum absolute atomic E-state index is 13.3. The van der Waals surface area contributed by atoms with Crippen molar-refractivity contribution in [3.8, 4) is 0 Å². The molecule has 1 unspecified atom stereocenters. The predicted octanol–water partition coefficient (Wildman–Crippen LogP) is 4.26. The summed E-state index contributed by atoms with van der Waals surface area (Å²) in [6.45, 7) is 5.49. The van der Waals surface area contributed by atoms with Crippen LogP contribution in [0.4, 0.5) is 5.69 Å². The third-order valence-corrected chi connectivity index (χ3v) is 5.77. The number of nitrogens with two attached hydrogens (primary N) is 1. The summed E-state index contributed by atoms with van der Waals surface area (Å²) in [5, 5.41) is 4.98. The second-order valence-electron chi connectivity index (χ2n) is 8.01. The van der Waals surface area contributed by atoms with Crippen molar-refractivity contribution in [2.75, 3.05) is 26.5 Å². The molecule has 3 aromatic rings. The number of carbonyl (C=O) groups excluding carboxylic acids is 1. The lowest BCUT2D eigenvalue weighted by Gasteiger charge is -2.21. The summed E-state index contributed by atoms with van der Waals surface area (Å²) in [5.41, 5.74) is 9.10. The minimum absolute atomic E-state index is 0.0937. The van der Waals surface area contributed by atoms with Crippen LogP contribution in [0.1, 0.15) is 45.9 Å². The monoisotopic (exact) mass is 497 g/mol. The van der Waals surface area contributed by atoms with Crippen LogP contribution < -0.4 is 16.5 Å². The highest BCUT2D eigenvalue weighted by Gasteiger charge is 2.23. The number of rotatable bonds is 7. The van der Waals surface area contributed by atoms with Gasteiger partial charge in [-0.05, 0) is 44.5 Å². The van der Waals surface area contributed by atoms with E-state index in [0.717, 1.165) is 16.2 Å². The number of amides is 1. The number of aryl methyl sites for hydroxylation is 1. The van der Waals surface area contributed by atoms with E-state index < -0.39 is 5.91 Å². The largest absolute Gasteiger partial charge is 0.455 e. The molecule has 10 heteroatoms. The molecular weight excluding hydrogens is 470 g/mol. The fourth-order valence-corrected chi connectivity index (χ4v) is 3.89. The van der Waals surface area contributed by atoms with Gasteiger partial charge < -0.3 is 15.5 Å². The lowest BCUT2D eigenvalue weighted by molar-refractivity contribution is -0.0759. The SMILES string of the molecule is CN=C/C(=C\N)c1oc2c(C(C)Nc3ccc(Cl)nc3C(=O)N(C)OC)cc(C)cc2c(=O)c1C. The zero-order chi connectivity index (χ0) is 25.9. The van der Waals surface area contributed by atoms with Gasteiger partial charge in [-0.2, -0.15) is 0 Å². The van der Waals surface area contributed by atoms with E-state index in [1.807, 2.05) is 19.9 Å². The van der Waals surface area contributed by atoms with Crippen LogP contribution in [0.25, 0.3) is 16.5 Å². The smallest absolute Gasteiger partial charge is 0.297 e. The number of pyridine rings is 1. The van der Waals surface area contributed by atoms with E-state index in [2.05, 4.69) is 15.3 Å². The third-order valence-electron chi connectivity index (χ3n) is 5.56. The van der Waals surface area contributed by atoms with Crippen molar-refractivity contribution in [3.63, 3.8) is 0 Å². The normalized spacial score (nSPS) is 12.8. The average Bonchev–Trinajstić information content (AvgIpc) is 2.84. The number of hydrogen-bond acceptors (Lipinski definition) is 8. The molecule has 0 spiro atoms. The number of hydrogen-bond donors (Lipinski definition) is 2. The van der Waals surface area contributed by atoms with Crippen molar-refractivity contribution in [1.82, 2.24) is 10.0 Å². The quantitative estimate of drug-likeness (QED) is 0.284. The Morgan fingerprint density at radius 3 is 2.69 bits per heavy atom. The van der Waals surface area contributed by atoms with Gasteiger partial charge in [0, 0.05) is 37.6 Å². The number of aliphatic imine (C=N–C) groups is 1. The molecule has 2 aromatic heterocycles. The Bertz CT molecular complexity index is 1400. The molecule has 0 bridgehead atoms. The molecule has 3 N–H and O–H groups in total. The molecule has 0 saturated carbocycles. The molecular formula is C25H28ClN5O4. The Morgan fingerprint density at radius 2 is 2.06 bits per heavy atom. The van der Waals surface area contributed by atoms with Crippen LogP contribution in [0.2, 0.25) is 5.15 Å². The Hall–Kier alpha value is -3.69. The number of nitrogens with zero attached hydrogens (tertiary/aromatic N) is 3. The summed E-state index contributed by atoms with van der Waals surface area (Å²) < 4.78 is 6.26. The molecule has 1 amide bonds. The van der Waals surface area contributed by atoms with Crippen LogP contribution in [0.15, 0.2) is 44.7 Å². The third kappa shape index (κ3) is 5.21. The van der Waals surface area contributed by atoms with Crippen LogP contribution in [-0.2, 0) is 4.84 Å². The van der Waals surface area contributed by atoms with Crippen molar-refractivity contribution >= 4 is 46.0 Å². The summed E-state index contributed by atoms with van der Waals surface area (Å²) in [6.07, 6.45) is 2.89. The second-order valence-corrected chi connectivity index (χ2v) is 8.39. The van der Waals surface area contributed by atoms with Gasteiger partial charge in [-0.15, -0.1) is 0 Å². The van der Waals surface area contributed by atoms with Crippen molar-refractivity contribution in [2.24, 2.45) is 10.7 Å². The van der Waals surface area contributed by atoms with Crippen molar-refractivity contribution in [2.45, 2.75) is 26.8 Å². The van der Waals surface area contributed by atoms with Gasteiger partial charge in [-0.1, -0.05) is 17.7 Å². The molecule has 2 heterocycles. The molecule has 184 valence electrons. The molecule has 9 nitrogen and oxygen atoms in total. The molecule has 0 aliphatic heterocycles. The lowest BCUT2D eigenvalue weighted by atomic mass is 9.99. The fourth-order valence-electron chi connectivity index (χ4n) is 3.74. The molecule has 0 fully saturated rings. The summed E-state index contributed by atoms with van der Waals surface area (Å²) in [4.78, 5) is 39.2. The maximum atomic E-state index is 13.3. The molecule has 3 rings (SSSR count). The van der Waals surface area contributed by atoms with E-state index in [1.54, 1.807) is 32.2 Å². The van der Waals surface area contributed by atoms with E-state index in [1.165, 1.54) is 26.6 Å². The van der Waals surface area contributed by atoms with Crippen molar-refractivity contribution in [3.05, 3.63) is 74.0 Å². The highest BCUT2D eigenvalue weighted by molar-refractivity contribution is 6.29. The zero-order valence-corrected chi connectivity index (χ0v) is 21.2. The Labute approximate surface area is 208 Å². The molecule has 1 atom stereocenters. The number of halogens is 1. The first-order valence-electron chi connectivity index (χ1n) is 10.8. The zero-order valence-electron chi connectivity index (χ0n) is 20.5. The molecule has 0 saturated heterocycles. The Morgan fingerprint density at radius 1 is 1.34 bits per heavy atom. The molecule has 0 radical (unpaired) electrons. The van der Waals surface area contributed by atoms with Crippen molar-refractivity contribution < 1.29 is 14.0 Å². The number of carbonyl (C=O) groups is 1. The number of hydroxylamine groups is 2. The first-order valence-corrected chi connectivity index (χ1v) is 11.2. The van der Waals surface area contributed by atoms with Crippen LogP contribution >= 0.6 is 11.6 Å². The summed E-state index contributed by atoms with van der Waals surface area (Å²) in [6, 6.07) is 6.58. The Balaban J connectivity index is 2.18. The molecule has 0 aliphatic carbocycles. The number of allylic oxidation sites excluding steroid dienone is 1. The first-order chi connectivity index (χ1) is 16.6. The molecule has 1 aromatic carbocycles. The van der Waals surface area contributed by atoms with Gasteiger partial charge in [0.15, 0.2) is 11.1 Å². The summed E-state index contributed by atoms with van der Waals surface area (Å²) in [5.74, 6) is -0.126. The number of aromatic nitrogens is 1. The van der Waals surface area contributed by atoms with Gasteiger partial charge in [0.25, 0.3) is 5.91 Å². The average molecular weight is 498 g/mol. The van der Waals surface area contributed by atoms with Crippen molar-refractivity contribution in [1.29, 1.82) is 0 Å². The first kappa shape index (κ1) is 25.9. The molecule has 0 aliphatic rings. The highest BCUT2D eigenvalue weighted by Crippen LogP contribution is 2.31. The number of fused-ring (bicyclic) bond motifs is 1. The summed E-state index contributed by atoms with van der Waals surface area (Å²) in [7, 11) is 4.47. The van der Waals surface area contributed by atoms with Crippen LogP contribution in [-0.4, -0.2) is 43.4 Å². The van der Waals surface area contributed by atoms with Gasteiger partial charge in [0.1, 0.15) is 16.5 Å². The number of anilines is 1. The minimum Gasteiger partial charge on any atom is -0.455 e. The van der Waals surface area contributed by atoms with Crippen LogP contribution in [0.3, 0.4) is 0 Å². The second kappa shape index (κ2) is 10.7. The lowest BCUT2D eigenvalue weighted by Crippen LogP contribution is -2.27. The van der Waals surface area contributed by atoms with E-state index in [9.17, 15) is 9.59 Å².